The number of nitrogens with zero attached hydrogens (tertiary/aromatic N) is 2. The first-order valence-corrected chi connectivity index (χ1v) is 10.9. The Morgan fingerprint density at radius 1 is 1.19 bits per heavy atom. The van der Waals surface area contributed by atoms with Crippen LogP contribution in [0.15, 0.2) is 27.4 Å². The van der Waals surface area contributed by atoms with E-state index in [-0.39, 0.29) is 30.7 Å². The van der Waals surface area contributed by atoms with Gasteiger partial charge in [0, 0.05) is 12.6 Å². The summed E-state index contributed by atoms with van der Waals surface area (Å²) in [6.07, 6.45) is 4.44. The molecule has 1 aliphatic heterocycles. The Hall–Kier alpha value is -3.33. The normalized spacial score (nSPS) is 15.7. The van der Waals surface area contributed by atoms with Crippen molar-refractivity contribution in [1.82, 2.24) is 15.1 Å². The van der Waals surface area contributed by atoms with E-state index in [0.717, 1.165) is 42.7 Å². The van der Waals surface area contributed by atoms with Crippen molar-refractivity contribution in [3.63, 3.8) is 0 Å². The molecule has 1 amide bonds. The minimum absolute atomic E-state index is 0.170. The number of furan rings is 1. The second kappa shape index (κ2) is 8.31. The second-order valence-electron chi connectivity index (χ2n) is 8.45. The largest absolute Gasteiger partial charge is 0.454 e. The molecule has 9 nitrogen and oxygen atoms in total. The van der Waals surface area contributed by atoms with Gasteiger partial charge in [-0.25, -0.2) is 5.10 Å². The molecule has 2 aromatic heterocycles. The third-order valence-electron chi connectivity index (χ3n) is 6.26. The van der Waals surface area contributed by atoms with Crippen molar-refractivity contribution in [3.05, 3.63) is 45.6 Å². The average molecular weight is 438 g/mol. The molecular formula is C23H26N4O5. The molecular weight excluding hydrogens is 412 g/mol. The number of aryl methyl sites for hydroxylation is 2. The summed E-state index contributed by atoms with van der Waals surface area (Å²) >= 11 is 0. The number of aromatic nitrogens is 2. The fourth-order valence-corrected chi connectivity index (χ4v) is 4.74. The van der Waals surface area contributed by atoms with E-state index in [9.17, 15) is 9.59 Å². The maximum atomic E-state index is 13.0. The molecule has 2 N–H and O–H groups in total. The maximum Gasteiger partial charge on any atom is 0.277 e. The summed E-state index contributed by atoms with van der Waals surface area (Å²) in [5.74, 6) is 1.98. The van der Waals surface area contributed by atoms with Crippen molar-refractivity contribution < 1.29 is 18.7 Å². The van der Waals surface area contributed by atoms with Crippen LogP contribution in [-0.2, 0) is 11.3 Å². The van der Waals surface area contributed by atoms with Gasteiger partial charge in [-0.15, -0.1) is 0 Å². The topological polar surface area (TPSA) is 110 Å². The Morgan fingerprint density at radius 3 is 2.78 bits per heavy atom. The number of hydrogen-bond acceptors (Lipinski definition) is 7. The molecule has 5 rings (SSSR count). The zero-order chi connectivity index (χ0) is 22.2. The lowest BCUT2D eigenvalue weighted by molar-refractivity contribution is -0.118. The molecule has 9 heteroatoms. The zero-order valence-electron chi connectivity index (χ0n) is 18.2. The quantitative estimate of drug-likeness (QED) is 0.608. The molecule has 3 heterocycles. The van der Waals surface area contributed by atoms with Crippen LogP contribution in [0.5, 0.6) is 11.5 Å². The molecule has 32 heavy (non-hydrogen) atoms. The molecule has 0 radical (unpaired) electrons. The summed E-state index contributed by atoms with van der Waals surface area (Å²) < 4.78 is 16.6. The highest BCUT2D eigenvalue weighted by molar-refractivity contribution is 6.01. The number of aromatic amines is 1. The van der Waals surface area contributed by atoms with E-state index in [4.69, 9.17) is 13.9 Å². The summed E-state index contributed by atoms with van der Waals surface area (Å²) in [6.45, 7) is 4.60. The van der Waals surface area contributed by atoms with Crippen LogP contribution in [-0.4, -0.2) is 40.4 Å². The van der Waals surface area contributed by atoms with Crippen LogP contribution < -0.4 is 20.3 Å². The highest BCUT2D eigenvalue weighted by atomic mass is 16.7. The lowest BCUT2D eigenvalue weighted by atomic mass is 10.1. The van der Waals surface area contributed by atoms with Crippen molar-refractivity contribution in [2.24, 2.45) is 0 Å². The van der Waals surface area contributed by atoms with E-state index in [2.05, 4.69) is 20.4 Å². The van der Waals surface area contributed by atoms with Crippen LogP contribution in [0.1, 0.15) is 42.7 Å². The SMILES string of the molecule is Cc1n[nH]c(=O)c2c(NC(=O)CN(Cc3ccc4c(c3)OCO4)C3CCCC3)oc(C)c12. The van der Waals surface area contributed by atoms with Gasteiger partial charge in [0.2, 0.25) is 18.6 Å². The average Bonchev–Trinajstić information content (AvgIpc) is 3.51. The van der Waals surface area contributed by atoms with Crippen LogP contribution in [0.25, 0.3) is 10.8 Å². The highest BCUT2D eigenvalue weighted by Crippen LogP contribution is 2.34. The van der Waals surface area contributed by atoms with Gasteiger partial charge in [0.15, 0.2) is 11.5 Å². The molecule has 0 unspecified atom stereocenters. The lowest BCUT2D eigenvalue weighted by Crippen LogP contribution is -2.39. The minimum Gasteiger partial charge on any atom is -0.454 e. The van der Waals surface area contributed by atoms with Gasteiger partial charge >= 0.3 is 0 Å². The number of H-pyrrole nitrogens is 1. The molecule has 3 aromatic rings. The molecule has 0 saturated heterocycles. The number of ether oxygens (including phenoxy) is 2. The first kappa shape index (κ1) is 20.6. The van der Waals surface area contributed by atoms with Crippen molar-refractivity contribution in [1.29, 1.82) is 0 Å². The number of fused-ring (bicyclic) bond motifs is 2. The molecule has 1 aliphatic carbocycles. The Bertz CT molecular complexity index is 1230. The van der Waals surface area contributed by atoms with Crippen LogP contribution in [0.3, 0.4) is 0 Å². The number of rotatable bonds is 6. The van der Waals surface area contributed by atoms with Crippen molar-refractivity contribution >= 4 is 22.6 Å². The van der Waals surface area contributed by atoms with E-state index in [1.807, 2.05) is 18.2 Å². The van der Waals surface area contributed by atoms with Crippen LogP contribution in [0.4, 0.5) is 5.88 Å². The summed E-state index contributed by atoms with van der Waals surface area (Å²) in [4.78, 5) is 27.6. The van der Waals surface area contributed by atoms with Crippen LogP contribution in [0.2, 0.25) is 0 Å². The van der Waals surface area contributed by atoms with Gasteiger partial charge in [0.1, 0.15) is 11.1 Å². The molecule has 2 aliphatic rings. The third-order valence-corrected chi connectivity index (χ3v) is 6.26. The van der Waals surface area contributed by atoms with Gasteiger partial charge in [-0.1, -0.05) is 18.9 Å². The van der Waals surface area contributed by atoms with E-state index >= 15 is 0 Å². The summed E-state index contributed by atoms with van der Waals surface area (Å²) in [5, 5.41) is 10.2. The zero-order valence-corrected chi connectivity index (χ0v) is 18.2. The Labute approximate surface area is 184 Å². The van der Waals surface area contributed by atoms with E-state index in [1.165, 1.54) is 0 Å². The van der Waals surface area contributed by atoms with Gasteiger partial charge in [-0.2, -0.15) is 5.10 Å². The molecule has 0 spiro atoms. The highest BCUT2D eigenvalue weighted by Gasteiger charge is 2.26. The summed E-state index contributed by atoms with van der Waals surface area (Å²) in [7, 11) is 0. The number of nitrogens with one attached hydrogen (secondary N) is 2. The fraction of sp³-hybridized carbons (Fsp3) is 0.435. The van der Waals surface area contributed by atoms with E-state index in [1.54, 1.807) is 13.8 Å². The number of amides is 1. The maximum absolute atomic E-state index is 13.0. The second-order valence-corrected chi connectivity index (χ2v) is 8.45. The number of anilines is 1. The third kappa shape index (κ3) is 3.84. The Kier molecular flexibility index (Phi) is 5.34. The van der Waals surface area contributed by atoms with Crippen molar-refractivity contribution in [2.75, 3.05) is 18.7 Å². The van der Waals surface area contributed by atoms with Crippen LogP contribution >= 0.6 is 0 Å². The molecule has 1 aromatic carbocycles. The molecule has 1 fully saturated rings. The molecule has 1 saturated carbocycles. The number of hydrogen-bond donors (Lipinski definition) is 2. The first-order chi connectivity index (χ1) is 15.5. The monoisotopic (exact) mass is 438 g/mol. The number of carbonyl (C=O) groups excluding carboxylic acids is 1. The molecule has 0 atom stereocenters. The van der Waals surface area contributed by atoms with Gasteiger partial charge in [0.25, 0.3) is 5.56 Å². The molecule has 0 bridgehead atoms. The first-order valence-electron chi connectivity index (χ1n) is 10.9. The molecule has 168 valence electrons. The number of benzene rings is 1. The van der Waals surface area contributed by atoms with E-state index in [0.29, 0.717) is 34.8 Å². The van der Waals surface area contributed by atoms with Crippen LogP contribution in [0, 0.1) is 13.8 Å². The van der Waals surface area contributed by atoms with Gasteiger partial charge in [-0.05, 0) is 44.4 Å². The fourth-order valence-electron chi connectivity index (χ4n) is 4.74. The summed E-state index contributed by atoms with van der Waals surface area (Å²) in [5.41, 5.74) is 1.33. The Morgan fingerprint density at radius 2 is 1.97 bits per heavy atom. The van der Waals surface area contributed by atoms with Crippen molar-refractivity contribution in [2.45, 2.75) is 52.1 Å². The Balaban J connectivity index is 1.36. The summed E-state index contributed by atoms with van der Waals surface area (Å²) in [6, 6.07) is 6.22. The lowest BCUT2D eigenvalue weighted by Gasteiger charge is -2.28. The number of carbonyl (C=O) groups is 1. The van der Waals surface area contributed by atoms with Crippen molar-refractivity contribution in [3.8, 4) is 11.5 Å². The smallest absolute Gasteiger partial charge is 0.277 e. The van der Waals surface area contributed by atoms with Gasteiger partial charge in [-0.3, -0.25) is 19.8 Å². The van der Waals surface area contributed by atoms with E-state index < -0.39 is 0 Å². The predicted octanol–water partition coefficient (Wildman–Crippen LogP) is 3.24. The minimum atomic E-state index is -0.384. The van der Waals surface area contributed by atoms with Gasteiger partial charge in [0.05, 0.1) is 17.6 Å². The standard InChI is InChI=1S/C23H26N4O5/c1-13-20-14(2)32-23(21(20)22(29)26-25-13)24-19(28)11-27(16-5-3-4-6-16)10-15-7-8-17-18(9-15)31-12-30-17/h7-9,16H,3-6,10-12H2,1-2H3,(H,24,28)(H,26,29). The van der Waals surface area contributed by atoms with Gasteiger partial charge < -0.3 is 13.9 Å². The predicted molar refractivity (Wildman–Crippen MR) is 118 cm³/mol.